The van der Waals surface area contributed by atoms with Crippen LogP contribution in [0.15, 0.2) is 66.9 Å². The summed E-state index contributed by atoms with van der Waals surface area (Å²) in [7, 11) is 0. The van der Waals surface area contributed by atoms with Crippen LogP contribution in [0.2, 0.25) is 0 Å². The highest BCUT2D eigenvalue weighted by atomic mass is 19.4. The number of carbonyl (C=O) groups is 1. The molecule has 158 valence electrons. The van der Waals surface area contributed by atoms with E-state index in [9.17, 15) is 18.0 Å². The van der Waals surface area contributed by atoms with Gasteiger partial charge in [0.25, 0.3) is 5.91 Å². The Kier molecular flexibility index (Phi) is 5.46. The molecule has 8 heteroatoms. The fourth-order valence-electron chi connectivity index (χ4n) is 3.37. The Bertz CT molecular complexity index is 1230. The Balaban J connectivity index is 1.62. The highest BCUT2D eigenvalue weighted by Crippen LogP contribution is 2.31. The van der Waals surface area contributed by atoms with Gasteiger partial charge >= 0.3 is 6.18 Å². The molecular weight excluding hydrogens is 405 g/mol. The molecule has 4 rings (SSSR count). The molecule has 0 saturated carbocycles. The van der Waals surface area contributed by atoms with Crippen LogP contribution in [-0.2, 0) is 19.3 Å². The molecule has 2 aromatic heterocycles. The number of hydrogen-bond acceptors (Lipinski definition) is 3. The summed E-state index contributed by atoms with van der Waals surface area (Å²) in [6, 6.07) is 16.3. The van der Waals surface area contributed by atoms with Crippen LogP contribution >= 0.6 is 0 Å². The van der Waals surface area contributed by atoms with Crippen molar-refractivity contribution in [3.05, 3.63) is 94.9 Å². The maximum absolute atomic E-state index is 13.2. The third kappa shape index (κ3) is 4.42. The van der Waals surface area contributed by atoms with E-state index in [0.717, 1.165) is 23.3 Å². The third-order valence-corrected chi connectivity index (χ3v) is 4.93. The number of nitrogens with zero attached hydrogens (tertiary/aromatic N) is 3. The SMILES string of the molecule is Cc1ccc(Cn2c(CNC(=O)c3ccccc3C(F)(F)F)nc3cccnc32)cc1. The molecule has 0 bridgehead atoms. The Hall–Kier alpha value is -3.68. The molecule has 0 aliphatic rings. The molecular formula is C23H19F3N4O. The van der Waals surface area contributed by atoms with Gasteiger partial charge in [-0.1, -0.05) is 42.0 Å². The number of rotatable bonds is 5. The molecule has 1 N–H and O–H groups in total. The number of aryl methyl sites for hydroxylation is 1. The van der Waals surface area contributed by atoms with Gasteiger partial charge in [-0.2, -0.15) is 13.2 Å². The summed E-state index contributed by atoms with van der Waals surface area (Å²) in [5.41, 5.74) is 2.05. The number of imidazole rings is 1. The molecule has 0 saturated heterocycles. The number of benzene rings is 2. The van der Waals surface area contributed by atoms with Crippen LogP contribution in [-0.4, -0.2) is 20.4 Å². The number of alkyl halides is 3. The summed E-state index contributed by atoms with van der Waals surface area (Å²) in [6.45, 7) is 2.43. The molecule has 0 fully saturated rings. The van der Waals surface area contributed by atoms with Crippen LogP contribution in [0.5, 0.6) is 0 Å². The lowest BCUT2D eigenvalue weighted by atomic mass is 10.1. The van der Waals surface area contributed by atoms with E-state index in [-0.39, 0.29) is 6.54 Å². The molecule has 0 spiro atoms. The highest BCUT2D eigenvalue weighted by Gasteiger charge is 2.34. The van der Waals surface area contributed by atoms with Gasteiger partial charge in [0, 0.05) is 6.20 Å². The number of amides is 1. The highest BCUT2D eigenvalue weighted by molar-refractivity contribution is 5.95. The molecule has 0 atom stereocenters. The molecule has 31 heavy (non-hydrogen) atoms. The van der Waals surface area contributed by atoms with Gasteiger partial charge in [-0.15, -0.1) is 0 Å². The van der Waals surface area contributed by atoms with E-state index < -0.39 is 23.2 Å². The van der Waals surface area contributed by atoms with E-state index in [1.165, 1.54) is 12.1 Å². The van der Waals surface area contributed by atoms with Crippen molar-refractivity contribution in [1.29, 1.82) is 0 Å². The molecule has 0 aliphatic heterocycles. The van der Waals surface area contributed by atoms with E-state index in [0.29, 0.717) is 23.5 Å². The minimum Gasteiger partial charge on any atom is -0.345 e. The van der Waals surface area contributed by atoms with Crippen molar-refractivity contribution in [2.75, 3.05) is 0 Å². The van der Waals surface area contributed by atoms with E-state index in [2.05, 4.69) is 15.3 Å². The Morgan fingerprint density at radius 1 is 1.03 bits per heavy atom. The fourth-order valence-corrected chi connectivity index (χ4v) is 3.37. The normalized spacial score (nSPS) is 11.6. The van der Waals surface area contributed by atoms with Crippen molar-refractivity contribution in [3.63, 3.8) is 0 Å². The summed E-state index contributed by atoms with van der Waals surface area (Å²) in [5, 5.41) is 2.57. The Morgan fingerprint density at radius 2 is 1.77 bits per heavy atom. The van der Waals surface area contributed by atoms with Crippen LogP contribution in [0.4, 0.5) is 13.2 Å². The van der Waals surface area contributed by atoms with E-state index in [1.54, 1.807) is 18.3 Å². The van der Waals surface area contributed by atoms with Crippen molar-refractivity contribution in [1.82, 2.24) is 19.9 Å². The maximum Gasteiger partial charge on any atom is 0.417 e. The van der Waals surface area contributed by atoms with E-state index >= 15 is 0 Å². The number of aromatic nitrogens is 3. The summed E-state index contributed by atoms with van der Waals surface area (Å²) in [5.74, 6) is -0.304. The summed E-state index contributed by atoms with van der Waals surface area (Å²) in [6.07, 6.45) is -2.96. The van der Waals surface area contributed by atoms with Crippen LogP contribution in [0, 0.1) is 6.92 Å². The number of fused-ring (bicyclic) bond motifs is 1. The minimum absolute atomic E-state index is 0.0345. The molecule has 5 nitrogen and oxygen atoms in total. The molecule has 0 aliphatic carbocycles. The van der Waals surface area contributed by atoms with Crippen molar-refractivity contribution >= 4 is 17.1 Å². The first-order valence-corrected chi connectivity index (χ1v) is 9.63. The number of halogens is 3. The zero-order chi connectivity index (χ0) is 22.0. The standard InChI is InChI=1S/C23H19F3N4O/c1-15-8-10-16(11-9-15)14-30-20(29-19-7-4-12-27-21(19)30)13-28-22(31)17-5-2-3-6-18(17)23(24,25)26/h2-12H,13-14H2,1H3,(H,28,31). The first-order chi connectivity index (χ1) is 14.8. The van der Waals surface area contributed by atoms with Gasteiger partial charge < -0.3 is 9.88 Å². The molecule has 2 heterocycles. The summed E-state index contributed by atoms with van der Waals surface area (Å²) >= 11 is 0. The topological polar surface area (TPSA) is 59.8 Å². The lowest BCUT2D eigenvalue weighted by molar-refractivity contribution is -0.137. The molecule has 0 radical (unpaired) electrons. The Labute approximate surface area is 176 Å². The molecule has 0 unspecified atom stereocenters. The maximum atomic E-state index is 13.2. The fraction of sp³-hybridized carbons (Fsp3) is 0.174. The van der Waals surface area contributed by atoms with E-state index in [1.807, 2.05) is 35.8 Å². The average molecular weight is 424 g/mol. The monoisotopic (exact) mass is 424 g/mol. The average Bonchev–Trinajstić information content (AvgIpc) is 3.10. The predicted molar refractivity (Wildman–Crippen MR) is 110 cm³/mol. The van der Waals surface area contributed by atoms with Gasteiger partial charge in [0.2, 0.25) is 0 Å². The quantitative estimate of drug-likeness (QED) is 0.504. The zero-order valence-electron chi connectivity index (χ0n) is 16.6. The number of pyridine rings is 1. The van der Waals surface area contributed by atoms with Crippen molar-refractivity contribution < 1.29 is 18.0 Å². The van der Waals surface area contributed by atoms with Crippen LogP contribution in [0.1, 0.15) is 32.9 Å². The predicted octanol–water partition coefficient (Wildman–Crippen LogP) is 4.74. The smallest absolute Gasteiger partial charge is 0.345 e. The van der Waals surface area contributed by atoms with Gasteiger partial charge in [-0.3, -0.25) is 4.79 Å². The van der Waals surface area contributed by atoms with Crippen molar-refractivity contribution in [2.24, 2.45) is 0 Å². The van der Waals surface area contributed by atoms with Gasteiger partial charge in [0.15, 0.2) is 5.65 Å². The second-order valence-corrected chi connectivity index (χ2v) is 7.17. The number of hydrogen-bond donors (Lipinski definition) is 1. The van der Waals surface area contributed by atoms with Gasteiger partial charge in [0.1, 0.15) is 11.3 Å². The van der Waals surface area contributed by atoms with Gasteiger partial charge in [-0.25, -0.2) is 9.97 Å². The summed E-state index contributed by atoms with van der Waals surface area (Å²) in [4.78, 5) is 21.5. The van der Waals surface area contributed by atoms with Gasteiger partial charge in [0.05, 0.1) is 24.2 Å². The molecule has 2 aromatic carbocycles. The first-order valence-electron chi connectivity index (χ1n) is 9.63. The number of nitrogens with one attached hydrogen (secondary N) is 1. The van der Waals surface area contributed by atoms with Crippen LogP contribution in [0.25, 0.3) is 11.2 Å². The zero-order valence-corrected chi connectivity index (χ0v) is 16.6. The Morgan fingerprint density at radius 3 is 2.52 bits per heavy atom. The molecule has 1 amide bonds. The lowest BCUT2D eigenvalue weighted by Crippen LogP contribution is -2.27. The summed E-state index contributed by atoms with van der Waals surface area (Å²) < 4.78 is 41.6. The second-order valence-electron chi connectivity index (χ2n) is 7.17. The van der Waals surface area contributed by atoms with Crippen LogP contribution in [0.3, 0.4) is 0 Å². The largest absolute Gasteiger partial charge is 0.417 e. The van der Waals surface area contributed by atoms with Crippen molar-refractivity contribution in [3.8, 4) is 0 Å². The second kappa shape index (κ2) is 8.22. The minimum atomic E-state index is -4.61. The lowest BCUT2D eigenvalue weighted by Gasteiger charge is -2.13. The van der Waals surface area contributed by atoms with Crippen molar-refractivity contribution in [2.45, 2.75) is 26.2 Å². The molecule has 4 aromatic rings. The third-order valence-electron chi connectivity index (χ3n) is 4.93. The van der Waals surface area contributed by atoms with E-state index in [4.69, 9.17) is 0 Å². The first kappa shape index (κ1) is 20.6. The number of carbonyl (C=O) groups excluding carboxylic acids is 1. The van der Waals surface area contributed by atoms with Crippen LogP contribution < -0.4 is 5.32 Å². The van der Waals surface area contributed by atoms with Gasteiger partial charge in [-0.05, 0) is 36.8 Å².